The lowest BCUT2D eigenvalue weighted by atomic mass is 10.5. The molecule has 0 aliphatic heterocycles. The summed E-state index contributed by atoms with van der Waals surface area (Å²) >= 11 is 0. The molecule has 0 saturated carbocycles. The van der Waals surface area contributed by atoms with Gasteiger partial charge in [0.15, 0.2) is 0 Å². The molecular formula is C6H16N2. The monoisotopic (exact) mass is 116 g/mol. The summed E-state index contributed by atoms with van der Waals surface area (Å²) in [5, 5.41) is 3.17. The lowest BCUT2D eigenvalue weighted by Crippen LogP contribution is -2.13. The van der Waals surface area contributed by atoms with Crippen molar-refractivity contribution in [1.29, 1.82) is 0 Å². The molecule has 0 aliphatic rings. The highest BCUT2D eigenvalue weighted by atomic mass is 14.8. The average molecular weight is 116 g/mol. The molecule has 0 heterocycles. The minimum absolute atomic E-state index is 0. The van der Waals surface area contributed by atoms with E-state index in [9.17, 15) is 0 Å². The largest absolute Gasteiger partial charge is 0.344 e. The first-order valence-electron chi connectivity index (χ1n) is 2.73. The second-order valence-corrected chi connectivity index (χ2v) is 1.49. The van der Waals surface area contributed by atoms with Crippen LogP contribution in [0, 0.1) is 0 Å². The van der Waals surface area contributed by atoms with Crippen molar-refractivity contribution in [2.45, 2.75) is 13.3 Å². The molecule has 0 unspecified atom stereocenters. The van der Waals surface area contributed by atoms with Gasteiger partial charge in [-0.2, -0.15) is 0 Å². The number of nitrogens with one attached hydrogen (secondary N) is 1. The highest BCUT2D eigenvalue weighted by Crippen LogP contribution is 1.67. The van der Waals surface area contributed by atoms with Crippen molar-refractivity contribution >= 4 is 0 Å². The Bertz CT molecular complexity index is 43.8. The molecule has 0 rings (SSSR count). The number of hydrogen-bond acceptors (Lipinski definition) is 2. The van der Waals surface area contributed by atoms with Crippen LogP contribution in [0.2, 0.25) is 0 Å². The van der Waals surface area contributed by atoms with E-state index in [1.807, 2.05) is 6.08 Å². The fraction of sp³-hybridized carbons (Fsp3) is 0.667. The first kappa shape index (κ1) is 10.6. The van der Waals surface area contributed by atoms with Crippen molar-refractivity contribution in [1.82, 2.24) is 11.5 Å². The van der Waals surface area contributed by atoms with Crippen LogP contribution >= 0.6 is 0 Å². The third-order valence-corrected chi connectivity index (χ3v) is 0.715. The number of hydrogen-bond donors (Lipinski definition) is 2. The highest BCUT2D eigenvalue weighted by molar-refractivity contribution is 4.68. The maximum atomic E-state index is 3.57. The van der Waals surface area contributed by atoms with Gasteiger partial charge >= 0.3 is 0 Å². The second kappa shape index (κ2) is 9.83. The van der Waals surface area contributed by atoms with E-state index in [1.165, 1.54) is 6.42 Å². The smallest absolute Gasteiger partial charge is 0.0132 e. The van der Waals surface area contributed by atoms with Gasteiger partial charge < -0.3 is 11.5 Å². The molecule has 0 fully saturated rings. The molecule has 8 heavy (non-hydrogen) atoms. The van der Waals surface area contributed by atoms with Gasteiger partial charge in [-0.25, -0.2) is 0 Å². The lowest BCUT2D eigenvalue weighted by molar-refractivity contribution is 0.730. The minimum atomic E-state index is 0. The van der Waals surface area contributed by atoms with Crippen LogP contribution in [-0.2, 0) is 0 Å². The molecule has 0 amide bonds. The predicted octanol–water partition coefficient (Wildman–Crippen LogP) is 1.33. The quantitative estimate of drug-likeness (QED) is 0.430. The van der Waals surface area contributed by atoms with Gasteiger partial charge in [0.25, 0.3) is 0 Å². The molecule has 50 valence electrons. The first-order valence-corrected chi connectivity index (χ1v) is 2.73. The van der Waals surface area contributed by atoms with Gasteiger partial charge in [-0.05, 0) is 13.0 Å². The summed E-state index contributed by atoms with van der Waals surface area (Å²) in [7, 11) is 0. The van der Waals surface area contributed by atoms with Crippen LogP contribution in [0.3, 0.4) is 0 Å². The Kier molecular flexibility index (Phi) is 13.0. The zero-order valence-electron chi connectivity index (χ0n) is 5.61. The summed E-state index contributed by atoms with van der Waals surface area (Å²) < 4.78 is 0. The van der Waals surface area contributed by atoms with Crippen LogP contribution in [0.1, 0.15) is 13.3 Å². The Labute approximate surface area is 51.6 Å². The van der Waals surface area contributed by atoms with Gasteiger partial charge in [-0.1, -0.05) is 13.0 Å². The van der Waals surface area contributed by atoms with Gasteiger partial charge in [-0.3, -0.25) is 0 Å². The van der Waals surface area contributed by atoms with Crippen molar-refractivity contribution in [2.75, 3.05) is 13.1 Å². The summed E-state index contributed by atoms with van der Waals surface area (Å²) in [5.74, 6) is 0. The van der Waals surface area contributed by atoms with Crippen molar-refractivity contribution in [3.63, 3.8) is 0 Å². The van der Waals surface area contributed by atoms with Gasteiger partial charge in [0, 0.05) is 6.54 Å². The molecule has 0 saturated heterocycles. The maximum absolute atomic E-state index is 3.57. The molecule has 4 N–H and O–H groups in total. The molecule has 2 heteroatoms. The summed E-state index contributed by atoms with van der Waals surface area (Å²) in [6.45, 7) is 7.76. The van der Waals surface area contributed by atoms with E-state index in [2.05, 4.69) is 18.8 Å². The molecule has 0 bridgehead atoms. The van der Waals surface area contributed by atoms with E-state index in [-0.39, 0.29) is 6.15 Å². The predicted molar refractivity (Wildman–Crippen MR) is 38.4 cm³/mol. The molecule has 0 spiro atoms. The van der Waals surface area contributed by atoms with Crippen LogP contribution < -0.4 is 11.5 Å². The van der Waals surface area contributed by atoms with Crippen LogP contribution in [0.5, 0.6) is 0 Å². The van der Waals surface area contributed by atoms with E-state index in [1.54, 1.807) is 0 Å². The van der Waals surface area contributed by atoms with Crippen LogP contribution in [-0.4, -0.2) is 13.1 Å². The standard InChI is InChI=1S/C6H13N.H3N/c1-3-5-7-6-4-2;/h3,7H,1,4-6H2,2H3;1H3. The third kappa shape index (κ3) is 9.18. The molecule has 0 aromatic heterocycles. The first-order chi connectivity index (χ1) is 3.41. The van der Waals surface area contributed by atoms with Gasteiger partial charge in [-0.15, -0.1) is 6.58 Å². The Hall–Kier alpha value is -0.340. The molecule has 0 aromatic rings. The van der Waals surface area contributed by atoms with E-state index in [0.29, 0.717) is 0 Å². The summed E-state index contributed by atoms with van der Waals surface area (Å²) in [4.78, 5) is 0. The van der Waals surface area contributed by atoms with Crippen molar-refractivity contribution < 1.29 is 0 Å². The summed E-state index contributed by atoms with van der Waals surface area (Å²) in [6, 6.07) is 0. The fourth-order valence-electron chi connectivity index (χ4n) is 0.381. The van der Waals surface area contributed by atoms with Crippen molar-refractivity contribution in [3.05, 3.63) is 12.7 Å². The minimum Gasteiger partial charge on any atom is -0.344 e. The lowest BCUT2D eigenvalue weighted by Gasteiger charge is -1.93. The zero-order valence-corrected chi connectivity index (χ0v) is 5.61. The molecular weight excluding hydrogens is 100 g/mol. The SMILES string of the molecule is C=CCNCCC.N. The molecule has 0 radical (unpaired) electrons. The molecule has 0 aromatic carbocycles. The third-order valence-electron chi connectivity index (χ3n) is 0.715. The fourth-order valence-corrected chi connectivity index (χ4v) is 0.381. The Morgan fingerprint density at radius 1 is 1.62 bits per heavy atom. The summed E-state index contributed by atoms with van der Waals surface area (Å²) in [6.07, 6.45) is 3.07. The Morgan fingerprint density at radius 2 is 2.25 bits per heavy atom. The zero-order chi connectivity index (χ0) is 5.54. The Balaban J connectivity index is 0. The van der Waals surface area contributed by atoms with E-state index < -0.39 is 0 Å². The molecule has 0 atom stereocenters. The van der Waals surface area contributed by atoms with Gasteiger partial charge in [0.05, 0.1) is 0 Å². The van der Waals surface area contributed by atoms with Crippen molar-refractivity contribution in [3.8, 4) is 0 Å². The van der Waals surface area contributed by atoms with Gasteiger partial charge in [0.2, 0.25) is 0 Å². The summed E-state index contributed by atoms with van der Waals surface area (Å²) in [5.41, 5.74) is 0. The highest BCUT2D eigenvalue weighted by Gasteiger charge is 1.73. The topological polar surface area (TPSA) is 47.0 Å². The number of rotatable bonds is 4. The second-order valence-electron chi connectivity index (χ2n) is 1.49. The van der Waals surface area contributed by atoms with Gasteiger partial charge in [0.1, 0.15) is 0 Å². The molecule has 0 aliphatic carbocycles. The van der Waals surface area contributed by atoms with Crippen LogP contribution in [0.25, 0.3) is 0 Å². The van der Waals surface area contributed by atoms with E-state index in [0.717, 1.165) is 13.1 Å². The van der Waals surface area contributed by atoms with E-state index in [4.69, 9.17) is 0 Å². The average Bonchev–Trinajstić information content (AvgIpc) is 1.69. The van der Waals surface area contributed by atoms with Crippen LogP contribution in [0.15, 0.2) is 12.7 Å². The molecule has 2 nitrogen and oxygen atoms in total. The Morgan fingerprint density at radius 3 is 2.62 bits per heavy atom. The van der Waals surface area contributed by atoms with Crippen molar-refractivity contribution in [2.24, 2.45) is 0 Å². The normalized spacial score (nSPS) is 7.62. The van der Waals surface area contributed by atoms with Crippen LogP contribution in [0.4, 0.5) is 0 Å². The maximum Gasteiger partial charge on any atom is 0.0132 e. The van der Waals surface area contributed by atoms with E-state index >= 15 is 0 Å².